The third-order valence-electron chi connectivity index (χ3n) is 3.32. The third kappa shape index (κ3) is 1.84. The lowest BCUT2D eigenvalue weighted by Gasteiger charge is -2.10. The van der Waals surface area contributed by atoms with E-state index in [-0.39, 0.29) is 5.82 Å². The summed E-state index contributed by atoms with van der Waals surface area (Å²) < 4.78 is 18.4. The number of H-pyrrole nitrogens is 1. The van der Waals surface area contributed by atoms with Gasteiger partial charge in [0.05, 0.1) is 15.9 Å². The van der Waals surface area contributed by atoms with Gasteiger partial charge in [0.1, 0.15) is 11.3 Å². The molecule has 0 amide bonds. The second-order valence-electron chi connectivity index (χ2n) is 4.73. The standard InChI is InChI=1S/C13H12BrFN4S/c1-6-4-8(14)9(15)5-10(6)19-12-11(16-13(19)20)7(2)17-18(12)3/h4-5H,1-3H3,(H,16,20). The number of imidazole rings is 1. The summed E-state index contributed by atoms with van der Waals surface area (Å²) in [5.74, 6) is -0.319. The first kappa shape index (κ1) is 13.5. The van der Waals surface area contributed by atoms with Crippen LogP contribution in [0, 0.1) is 24.4 Å². The highest BCUT2D eigenvalue weighted by Crippen LogP contribution is 2.27. The van der Waals surface area contributed by atoms with Crippen molar-refractivity contribution in [2.24, 2.45) is 7.05 Å². The van der Waals surface area contributed by atoms with Crippen molar-refractivity contribution in [2.45, 2.75) is 13.8 Å². The van der Waals surface area contributed by atoms with Crippen LogP contribution >= 0.6 is 28.1 Å². The van der Waals surface area contributed by atoms with Gasteiger partial charge >= 0.3 is 0 Å². The average molecular weight is 355 g/mol. The number of rotatable bonds is 1. The number of hydrogen-bond donors (Lipinski definition) is 1. The van der Waals surface area contributed by atoms with Gasteiger partial charge in [0, 0.05) is 7.05 Å². The van der Waals surface area contributed by atoms with Gasteiger partial charge < -0.3 is 4.98 Å². The van der Waals surface area contributed by atoms with Crippen LogP contribution < -0.4 is 0 Å². The summed E-state index contributed by atoms with van der Waals surface area (Å²) in [6.45, 7) is 3.83. The molecule has 104 valence electrons. The molecule has 1 aromatic carbocycles. The van der Waals surface area contributed by atoms with Crippen LogP contribution in [-0.4, -0.2) is 19.3 Å². The van der Waals surface area contributed by atoms with Crippen LogP contribution in [0.3, 0.4) is 0 Å². The first-order chi connectivity index (χ1) is 9.40. The Labute approximate surface area is 128 Å². The fourth-order valence-electron chi connectivity index (χ4n) is 2.41. The fraction of sp³-hybridized carbons (Fsp3) is 0.231. The molecule has 20 heavy (non-hydrogen) atoms. The van der Waals surface area contributed by atoms with Gasteiger partial charge in [-0.15, -0.1) is 0 Å². The van der Waals surface area contributed by atoms with E-state index in [2.05, 4.69) is 26.0 Å². The van der Waals surface area contributed by atoms with E-state index in [4.69, 9.17) is 12.2 Å². The Morgan fingerprint density at radius 2 is 2.05 bits per heavy atom. The fourth-order valence-corrected chi connectivity index (χ4v) is 3.15. The Bertz CT molecular complexity index is 890. The number of hydrogen-bond acceptors (Lipinski definition) is 2. The zero-order valence-electron chi connectivity index (χ0n) is 11.2. The lowest BCUT2D eigenvalue weighted by Crippen LogP contribution is -2.03. The van der Waals surface area contributed by atoms with Crippen LogP contribution in [0.15, 0.2) is 16.6 Å². The topological polar surface area (TPSA) is 38.5 Å². The molecule has 1 N–H and O–H groups in total. The van der Waals surface area contributed by atoms with E-state index in [1.165, 1.54) is 6.07 Å². The number of aromatic amines is 1. The summed E-state index contributed by atoms with van der Waals surface area (Å²) in [5, 5.41) is 4.36. The average Bonchev–Trinajstić information content (AvgIpc) is 2.83. The van der Waals surface area contributed by atoms with Crippen molar-refractivity contribution in [3.63, 3.8) is 0 Å². The number of fused-ring (bicyclic) bond motifs is 1. The molecule has 4 nitrogen and oxygen atoms in total. The van der Waals surface area contributed by atoms with Crippen molar-refractivity contribution in [1.29, 1.82) is 0 Å². The van der Waals surface area contributed by atoms with Crippen LogP contribution in [0.2, 0.25) is 0 Å². The lowest BCUT2D eigenvalue weighted by atomic mass is 10.2. The highest BCUT2D eigenvalue weighted by molar-refractivity contribution is 9.10. The summed E-state index contributed by atoms with van der Waals surface area (Å²) in [4.78, 5) is 3.14. The maximum Gasteiger partial charge on any atom is 0.184 e. The van der Waals surface area contributed by atoms with E-state index in [1.54, 1.807) is 10.7 Å². The van der Waals surface area contributed by atoms with Crippen molar-refractivity contribution in [3.8, 4) is 5.69 Å². The third-order valence-corrected chi connectivity index (χ3v) is 4.21. The molecule has 0 atom stereocenters. The quantitative estimate of drug-likeness (QED) is 0.672. The van der Waals surface area contributed by atoms with Crippen molar-refractivity contribution in [2.75, 3.05) is 0 Å². The van der Waals surface area contributed by atoms with Crippen LogP contribution in [0.5, 0.6) is 0 Å². The minimum Gasteiger partial charge on any atom is -0.327 e. The Morgan fingerprint density at radius 3 is 2.75 bits per heavy atom. The maximum absolute atomic E-state index is 13.9. The van der Waals surface area contributed by atoms with Crippen LogP contribution in [0.1, 0.15) is 11.3 Å². The zero-order chi connectivity index (χ0) is 14.6. The predicted molar refractivity (Wildman–Crippen MR) is 82.4 cm³/mol. The summed E-state index contributed by atoms with van der Waals surface area (Å²) in [5.41, 5.74) is 4.21. The van der Waals surface area contributed by atoms with Crippen LogP contribution in [0.4, 0.5) is 4.39 Å². The number of aromatic nitrogens is 4. The SMILES string of the molecule is Cc1cc(Br)c(F)cc1-n1c(=S)[nH]c2c(C)nn(C)c21. The molecule has 0 aliphatic heterocycles. The van der Waals surface area contributed by atoms with E-state index in [9.17, 15) is 4.39 Å². The molecule has 0 saturated heterocycles. The van der Waals surface area contributed by atoms with E-state index in [1.807, 2.05) is 25.5 Å². The molecule has 0 spiro atoms. The summed E-state index contributed by atoms with van der Waals surface area (Å²) in [6.07, 6.45) is 0. The number of aryl methyl sites for hydroxylation is 3. The Morgan fingerprint density at radius 1 is 1.35 bits per heavy atom. The number of benzene rings is 1. The highest BCUT2D eigenvalue weighted by Gasteiger charge is 2.16. The second kappa shape index (κ2) is 4.53. The van der Waals surface area contributed by atoms with E-state index < -0.39 is 0 Å². The monoisotopic (exact) mass is 354 g/mol. The highest BCUT2D eigenvalue weighted by atomic mass is 79.9. The van der Waals surface area contributed by atoms with Gasteiger partial charge in [-0.3, -0.25) is 4.57 Å². The number of nitrogens with one attached hydrogen (secondary N) is 1. The van der Waals surface area contributed by atoms with Crippen molar-refractivity contribution in [1.82, 2.24) is 19.3 Å². The minimum atomic E-state index is -0.319. The number of halogens is 2. The van der Waals surface area contributed by atoms with Crippen LogP contribution in [0.25, 0.3) is 16.9 Å². The maximum atomic E-state index is 13.9. The molecule has 2 heterocycles. The molecule has 0 aliphatic rings. The van der Waals surface area contributed by atoms with Crippen LogP contribution in [-0.2, 0) is 7.05 Å². The minimum absolute atomic E-state index is 0.319. The summed E-state index contributed by atoms with van der Waals surface area (Å²) in [6, 6.07) is 3.22. The molecule has 0 saturated carbocycles. The van der Waals surface area contributed by atoms with E-state index in [0.29, 0.717) is 14.9 Å². The molecule has 7 heteroatoms. The second-order valence-corrected chi connectivity index (χ2v) is 5.97. The largest absolute Gasteiger partial charge is 0.327 e. The molecular formula is C13H12BrFN4S. The van der Waals surface area contributed by atoms with Crippen molar-refractivity contribution in [3.05, 3.63) is 38.5 Å². The van der Waals surface area contributed by atoms with Gasteiger partial charge in [-0.1, -0.05) is 0 Å². The van der Waals surface area contributed by atoms with Gasteiger partial charge in [-0.2, -0.15) is 5.10 Å². The Kier molecular flexibility index (Phi) is 3.06. The van der Waals surface area contributed by atoms with Gasteiger partial charge in [-0.25, -0.2) is 9.07 Å². The molecule has 0 fully saturated rings. The first-order valence-corrected chi connectivity index (χ1v) is 7.20. The molecule has 3 aromatic rings. The van der Waals surface area contributed by atoms with Gasteiger partial charge in [0.25, 0.3) is 0 Å². The van der Waals surface area contributed by atoms with Gasteiger partial charge in [0.15, 0.2) is 10.4 Å². The van der Waals surface area contributed by atoms with E-state index >= 15 is 0 Å². The lowest BCUT2D eigenvalue weighted by molar-refractivity contribution is 0.619. The predicted octanol–water partition coefficient (Wildman–Crippen LogP) is 3.94. The Balaban J connectivity index is 2.44. The summed E-state index contributed by atoms with van der Waals surface area (Å²) >= 11 is 8.57. The van der Waals surface area contributed by atoms with E-state index in [0.717, 1.165) is 22.4 Å². The summed E-state index contributed by atoms with van der Waals surface area (Å²) in [7, 11) is 1.85. The molecular weight excluding hydrogens is 343 g/mol. The normalized spacial score (nSPS) is 11.4. The van der Waals surface area contributed by atoms with Gasteiger partial charge in [0.2, 0.25) is 0 Å². The van der Waals surface area contributed by atoms with Gasteiger partial charge in [-0.05, 0) is 59.7 Å². The zero-order valence-corrected chi connectivity index (χ0v) is 13.6. The molecule has 3 rings (SSSR count). The molecule has 0 aliphatic carbocycles. The first-order valence-electron chi connectivity index (χ1n) is 6.00. The molecule has 0 bridgehead atoms. The smallest absolute Gasteiger partial charge is 0.184 e. The Hall–Kier alpha value is -1.47. The molecule has 0 radical (unpaired) electrons. The number of nitrogens with zero attached hydrogens (tertiary/aromatic N) is 3. The molecule has 0 unspecified atom stereocenters. The van der Waals surface area contributed by atoms with Crippen molar-refractivity contribution < 1.29 is 4.39 Å². The van der Waals surface area contributed by atoms with Crippen molar-refractivity contribution >= 4 is 39.3 Å². The molecule has 2 aromatic heterocycles.